The van der Waals surface area contributed by atoms with Gasteiger partial charge in [0.15, 0.2) is 0 Å². The molecule has 118 valence electrons. The Hall–Kier alpha value is -0.930. The molecule has 1 fully saturated rings. The first kappa shape index (κ1) is 16.4. The van der Waals surface area contributed by atoms with Gasteiger partial charge < -0.3 is 5.32 Å². The Morgan fingerprint density at radius 3 is 2.57 bits per heavy atom. The summed E-state index contributed by atoms with van der Waals surface area (Å²) in [5.74, 6) is -0.161. The molecule has 2 atom stereocenters. The van der Waals surface area contributed by atoms with Gasteiger partial charge in [-0.1, -0.05) is 32.9 Å². The molecule has 21 heavy (non-hydrogen) atoms. The normalized spacial score (nSPS) is 25.2. The van der Waals surface area contributed by atoms with Gasteiger partial charge in [-0.05, 0) is 56.0 Å². The zero-order valence-corrected chi connectivity index (χ0v) is 13.8. The van der Waals surface area contributed by atoms with Gasteiger partial charge >= 0.3 is 0 Å². The van der Waals surface area contributed by atoms with Crippen molar-refractivity contribution in [3.8, 4) is 0 Å². The standard InChI is InChI=1S/C18H29FN2/c1-5-20-16-10-11-18(2,3)12-17(16)21(4)13-14-6-8-15(19)9-7-14/h6-9,16-17,20H,5,10-13H2,1-4H3. The number of likely N-dealkylation sites (N-methyl/N-ethyl adjacent to an activating group) is 2. The van der Waals surface area contributed by atoms with Gasteiger partial charge in [-0.2, -0.15) is 0 Å². The molecule has 2 nitrogen and oxygen atoms in total. The molecular weight excluding hydrogens is 263 g/mol. The molecule has 1 aliphatic carbocycles. The Labute approximate surface area is 128 Å². The Morgan fingerprint density at radius 2 is 1.95 bits per heavy atom. The van der Waals surface area contributed by atoms with Crippen LogP contribution in [0.5, 0.6) is 0 Å². The Bertz CT molecular complexity index is 441. The molecule has 1 aromatic carbocycles. The maximum absolute atomic E-state index is 13.0. The lowest BCUT2D eigenvalue weighted by molar-refractivity contribution is 0.0781. The van der Waals surface area contributed by atoms with Crippen LogP contribution in [0.3, 0.4) is 0 Å². The van der Waals surface area contributed by atoms with Crippen LogP contribution in [-0.4, -0.2) is 30.6 Å². The highest BCUT2D eigenvalue weighted by Gasteiger charge is 2.36. The third-order valence-corrected chi connectivity index (χ3v) is 4.74. The van der Waals surface area contributed by atoms with Gasteiger partial charge in [0.05, 0.1) is 0 Å². The van der Waals surface area contributed by atoms with Crippen molar-refractivity contribution in [1.82, 2.24) is 10.2 Å². The van der Waals surface area contributed by atoms with E-state index in [1.54, 1.807) is 12.1 Å². The highest BCUT2D eigenvalue weighted by Crippen LogP contribution is 2.37. The van der Waals surface area contributed by atoms with Crippen molar-refractivity contribution in [2.45, 2.75) is 58.7 Å². The van der Waals surface area contributed by atoms with E-state index in [9.17, 15) is 4.39 Å². The minimum absolute atomic E-state index is 0.161. The molecule has 0 aliphatic heterocycles. The van der Waals surface area contributed by atoms with Crippen molar-refractivity contribution in [3.63, 3.8) is 0 Å². The number of benzene rings is 1. The SMILES string of the molecule is CCNC1CCC(C)(C)CC1N(C)Cc1ccc(F)cc1. The van der Waals surface area contributed by atoms with Crippen LogP contribution in [0, 0.1) is 11.2 Å². The number of nitrogens with zero attached hydrogens (tertiary/aromatic N) is 1. The Kier molecular flexibility index (Phi) is 5.39. The van der Waals surface area contributed by atoms with E-state index in [4.69, 9.17) is 0 Å². The van der Waals surface area contributed by atoms with Crippen molar-refractivity contribution >= 4 is 0 Å². The molecule has 1 saturated carbocycles. The number of hydrogen-bond donors (Lipinski definition) is 1. The van der Waals surface area contributed by atoms with Gasteiger partial charge in [0, 0.05) is 18.6 Å². The minimum Gasteiger partial charge on any atom is -0.313 e. The molecular formula is C18H29FN2. The number of hydrogen-bond acceptors (Lipinski definition) is 2. The molecule has 1 aliphatic rings. The molecule has 2 unspecified atom stereocenters. The lowest BCUT2D eigenvalue weighted by atomic mass is 9.72. The van der Waals surface area contributed by atoms with Crippen molar-refractivity contribution in [2.75, 3.05) is 13.6 Å². The van der Waals surface area contributed by atoms with Crippen LogP contribution >= 0.6 is 0 Å². The molecule has 0 spiro atoms. The molecule has 0 amide bonds. The van der Waals surface area contributed by atoms with Gasteiger partial charge in [0.2, 0.25) is 0 Å². The summed E-state index contributed by atoms with van der Waals surface area (Å²) in [5, 5.41) is 3.65. The van der Waals surface area contributed by atoms with Crippen molar-refractivity contribution < 1.29 is 4.39 Å². The summed E-state index contributed by atoms with van der Waals surface area (Å²) in [6.45, 7) is 8.81. The first-order chi connectivity index (χ1) is 9.91. The van der Waals surface area contributed by atoms with E-state index in [-0.39, 0.29) is 5.82 Å². The van der Waals surface area contributed by atoms with Crippen LogP contribution in [0.1, 0.15) is 45.6 Å². The molecule has 1 N–H and O–H groups in total. The zero-order valence-electron chi connectivity index (χ0n) is 13.8. The first-order valence-electron chi connectivity index (χ1n) is 8.09. The second-order valence-corrected chi connectivity index (χ2v) is 7.18. The third kappa shape index (κ3) is 4.52. The molecule has 1 aromatic rings. The average molecular weight is 292 g/mol. The second-order valence-electron chi connectivity index (χ2n) is 7.18. The highest BCUT2D eigenvalue weighted by molar-refractivity contribution is 5.16. The van der Waals surface area contributed by atoms with Crippen LogP contribution in [0.2, 0.25) is 0 Å². The summed E-state index contributed by atoms with van der Waals surface area (Å²) < 4.78 is 13.0. The first-order valence-corrected chi connectivity index (χ1v) is 8.09. The van der Waals surface area contributed by atoms with Crippen LogP contribution in [-0.2, 0) is 6.54 Å². The summed E-state index contributed by atoms with van der Waals surface area (Å²) in [5.41, 5.74) is 1.59. The predicted octanol–water partition coefficient (Wildman–Crippen LogP) is 3.81. The molecule has 2 rings (SSSR count). The van der Waals surface area contributed by atoms with E-state index in [2.05, 4.69) is 38.0 Å². The molecule has 0 bridgehead atoms. The van der Waals surface area contributed by atoms with Crippen molar-refractivity contribution in [2.24, 2.45) is 5.41 Å². The summed E-state index contributed by atoms with van der Waals surface area (Å²) >= 11 is 0. The maximum atomic E-state index is 13.0. The summed E-state index contributed by atoms with van der Waals surface area (Å²) in [7, 11) is 2.19. The Balaban J connectivity index is 2.05. The monoisotopic (exact) mass is 292 g/mol. The number of nitrogens with one attached hydrogen (secondary N) is 1. The fourth-order valence-corrected chi connectivity index (χ4v) is 3.51. The lowest BCUT2D eigenvalue weighted by Crippen LogP contribution is -2.53. The average Bonchev–Trinajstić information content (AvgIpc) is 2.43. The Morgan fingerprint density at radius 1 is 1.29 bits per heavy atom. The van der Waals surface area contributed by atoms with Gasteiger partial charge in [0.25, 0.3) is 0 Å². The quantitative estimate of drug-likeness (QED) is 0.887. The molecule has 3 heteroatoms. The van der Waals surface area contributed by atoms with Crippen molar-refractivity contribution in [1.29, 1.82) is 0 Å². The van der Waals surface area contributed by atoms with E-state index in [1.807, 2.05) is 12.1 Å². The van der Waals surface area contributed by atoms with Crippen LogP contribution in [0.4, 0.5) is 4.39 Å². The topological polar surface area (TPSA) is 15.3 Å². The van der Waals surface area contributed by atoms with Crippen LogP contribution < -0.4 is 5.32 Å². The van der Waals surface area contributed by atoms with E-state index in [1.165, 1.54) is 24.8 Å². The van der Waals surface area contributed by atoms with E-state index >= 15 is 0 Å². The third-order valence-electron chi connectivity index (χ3n) is 4.74. The van der Waals surface area contributed by atoms with E-state index in [0.717, 1.165) is 13.1 Å². The summed E-state index contributed by atoms with van der Waals surface area (Å²) in [6.07, 6.45) is 3.73. The van der Waals surface area contributed by atoms with E-state index in [0.29, 0.717) is 17.5 Å². The number of rotatable bonds is 5. The molecule has 0 aromatic heterocycles. The highest BCUT2D eigenvalue weighted by atomic mass is 19.1. The molecule has 0 radical (unpaired) electrons. The summed E-state index contributed by atoms with van der Waals surface area (Å²) in [6, 6.07) is 7.99. The molecule has 0 heterocycles. The lowest BCUT2D eigenvalue weighted by Gasteiger charge is -2.45. The fourth-order valence-electron chi connectivity index (χ4n) is 3.51. The van der Waals surface area contributed by atoms with Crippen molar-refractivity contribution in [3.05, 3.63) is 35.6 Å². The second kappa shape index (κ2) is 6.89. The fraction of sp³-hybridized carbons (Fsp3) is 0.667. The van der Waals surface area contributed by atoms with Crippen LogP contribution in [0.15, 0.2) is 24.3 Å². The number of halogens is 1. The van der Waals surface area contributed by atoms with Gasteiger partial charge in [-0.25, -0.2) is 4.39 Å². The van der Waals surface area contributed by atoms with Gasteiger partial charge in [0.1, 0.15) is 5.82 Å². The predicted molar refractivity (Wildman–Crippen MR) is 86.8 cm³/mol. The largest absolute Gasteiger partial charge is 0.313 e. The minimum atomic E-state index is -0.161. The van der Waals surface area contributed by atoms with Gasteiger partial charge in [-0.3, -0.25) is 4.90 Å². The summed E-state index contributed by atoms with van der Waals surface area (Å²) in [4.78, 5) is 2.43. The molecule has 0 saturated heterocycles. The zero-order chi connectivity index (χ0) is 15.5. The van der Waals surface area contributed by atoms with E-state index < -0.39 is 0 Å². The maximum Gasteiger partial charge on any atom is 0.123 e. The van der Waals surface area contributed by atoms with Crippen LogP contribution in [0.25, 0.3) is 0 Å². The van der Waals surface area contributed by atoms with Gasteiger partial charge in [-0.15, -0.1) is 0 Å². The smallest absolute Gasteiger partial charge is 0.123 e.